The first-order valence-corrected chi connectivity index (χ1v) is 12.4. The topological polar surface area (TPSA) is 45.8 Å². The third-order valence-electron chi connectivity index (χ3n) is 6.41. The second-order valence-electron chi connectivity index (χ2n) is 9.20. The Morgan fingerprint density at radius 1 is 1.18 bits per heavy atom. The van der Waals surface area contributed by atoms with Gasteiger partial charge in [-0.05, 0) is 87.1 Å². The summed E-state index contributed by atoms with van der Waals surface area (Å²) in [6.45, 7) is 16.3. The Kier molecular flexibility index (Phi) is 10.6. The van der Waals surface area contributed by atoms with Crippen molar-refractivity contribution in [3.8, 4) is 0 Å². The number of hydrogen-bond acceptors (Lipinski definition) is 2. The number of carbonyl (C=O) groups is 1. The molecule has 0 amide bonds. The van der Waals surface area contributed by atoms with Crippen LogP contribution in [0.5, 0.6) is 0 Å². The summed E-state index contributed by atoms with van der Waals surface area (Å²) >= 11 is 0. The predicted octanol–water partition coefficient (Wildman–Crippen LogP) is 8.20. The van der Waals surface area contributed by atoms with Crippen LogP contribution >= 0.6 is 0 Å². The van der Waals surface area contributed by atoms with Gasteiger partial charge < -0.3 is 0 Å². The van der Waals surface area contributed by atoms with Gasteiger partial charge in [0.15, 0.2) is 0 Å². The van der Waals surface area contributed by atoms with E-state index < -0.39 is 0 Å². The van der Waals surface area contributed by atoms with Crippen LogP contribution in [0.1, 0.15) is 93.3 Å². The fourth-order valence-corrected chi connectivity index (χ4v) is 4.18. The molecule has 1 aromatic carbocycles. The van der Waals surface area contributed by atoms with Gasteiger partial charge in [0.25, 0.3) is 0 Å². The van der Waals surface area contributed by atoms with Gasteiger partial charge in [0, 0.05) is 24.1 Å². The Bertz CT molecular complexity index is 988. The average Bonchev–Trinajstić information content (AvgIpc) is 3.55. The molecule has 1 N–H and O–H groups in total. The molecule has 3 nitrogen and oxygen atoms in total. The molecular formula is C30H42N2O. The Hall–Kier alpha value is -2.68. The van der Waals surface area contributed by atoms with Gasteiger partial charge in [0.1, 0.15) is 5.78 Å². The molecule has 1 fully saturated rings. The minimum absolute atomic E-state index is 0.377. The van der Waals surface area contributed by atoms with Crippen LogP contribution in [0.25, 0.3) is 5.57 Å². The molecule has 1 aliphatic carbocycles. The number of Topliss-reactive ketones (excluding diaryl/α,β-unsaturated/α-hetero) is 1. The highest BCUT2D eigenvalue weighted by molar-refractivity contribution is 5.79. The molecule has 3 rings (SSSR count). The number of H-pyrrole nitrogens is 1. The summed E-state index contributed by atoms with van der Waals surface area (Å²) in [5.74, 6) is 1.52. The lowest BCUT2D eigenvalue weighted by atomic mass is 9.88. The summed E-state index contributed by atoms with van der Waals surface area (Å²) in [7, 11) is 0. The van der Waals surface area contributed by atoms with E-state index in [0.717, 1.165) is 30.1 Å². The molecule has 0 bridgehead atoms. The molecule has 0 saturated heterocycles. The number of hydrogen-bond donors (Lipinski definition) is 1. The zero-order valence-electron chi connectivity index (χ0n) is 21.5. The molecule has 0 radical (unpaired) electrons. The summed E-state index contributed by atoms with van der Waals surface area (Å²) < 4.78 is 0. The van der Waals surface area contributed by atoms with Crippen molar-refractivity contribution >= 4 is 11.4 Å². The number of ketones is 1. The molecule has 1 unspecified atom stereocenters. The molecule has 1 saturated carbocycles. The predicted molar refractivity (Wildman–Crippen MR) is 141 cm³/mol. The number of aryl methyl sites for hydroxylation is 3. The van der Waals surface area contributed by atoms with Crippen LogP contribution in [0.3, 0.4) is 0 Å². The van der Waals surface area contributed by atoms with E-state index in [4.69, 9.17) is 0 Å². The Morgan fingerprint density at radius 3 is 2.39 bits per heavy atom. The molecule has 0 aliphatic heterocycles. The summed E-state index contributed by atoms with van der Waals surface area (Å²) in [6.07, 6.45) is 12.3. The van der Waals surface area contributed by atoms with Gasteiger partial charge in [-0.2, -0.15) is 5.10 Å². The molecular weight excluding hydrogens is 404 g/mol. The lowest BCUT2D eigenvalue weighted by Gasteiger charge is -2.17. The molecule has 178 valence electrons. The number of nitrogens with one attached hydrogen (secondary N) is 1. The number of rotatable bonds is 10. The number of aromatic nitrogens is 2. The summed E-state index contributed by atoms with van der Waals surface area (Å²) in [6, 6.07) is 8.69. The second kappa shape index (κ2) is 13.1. The zero-order valence-corrected chi connectivity index (χ0v) is 21.5. The van der Waals surface area contributed by atoms with Gasteiger partial charge in [-0.1, -0.05) is 63.3 Å². The lowest BCUT2D eigenvalue weighted by molar-refractivity contribution is -0.119. The normalized spacial score (nSPS) is 15.0. The minimum atomic E-state index is 0.377. The van der Waals surface area contributed by atoms with E-state index in [0.29, 0.717) is 24.5 Å². The highest BCUT2D eigenvalue weighted by atomic mass is 16.1. The molecule has 1 heterocycles. The van der Waals surface area contributed by atoms with E-state index in [1.54, 1.807) is 0 Å². The van der Waals surface area contributed by atoms with Crippen molar-refractivity contribution in [2.24, 2.45) is 5.92 Å². The van der Waals surface area contributed by atoms with E-state index >= 15 is 0 Å². The van der Waals surface area contributed by atoms with Crippen molar-refractivity contribution < 1.29 is 4.79 Å². The van der Waals surface area contributed by atoms with Crippen molar-refractivity contribution in [1.29, 1.82) is 0 Å². The zero-order chi connectivity index (χ0) is 24.4. The summed E-state index contributed by atoms with van der Waals surface area (Å²) in [5.41, 5.74) is 8.72. The maximum absolute atomic E-state index is 11.6. The molecule has 0 spiro atoms. The summed E-state index contributed by atoms with van der Waals surface area (Å²) in [5, 5.41) is 7.33. The molecule has 1 aromatic heterocycles. The smallest absolute Gasteiger partial charge is 0.133 e. The third kappa shape index (κ3) is 7.99. The van der Waals surface area contributed by atoms with Crippen LogP contribution in [0.15, 0.2) is 54.6 Å². The van der Waals surface area contributed by atoms with Crippen LogP contribution in [0, 0.1) is 26.7 Å². The van der Waals surface area contributed by atoms with Gasteiger partial charge >= 0.3 is 0 Å². The first-order chi connectivity index (χ1) is 15.8. The number of nitrogens with zero attached hydrogens (tertiary/aromatic N) is 1. The molecule has 1 atom stereocenters. The van der Waals surface area contributed by atoms with Gasteiger partial charge in [-0.25, -0.2) is 0 Å². The van der Waals surface area contributed by atoms with Crippen LogP contribution in [-0.4, -0.2) is 16.0 Å². The summed E-state index contributed by atoms with van der Waals surface area (Å²) in [4.78, 5) is 11.6. The highest BCUT2D eigenvalue weighted by Crippen LogP contribution is 2.42. The van der Waals surface area contributed by atoms with Crippen LogP contribution < -0.4 is 0 Å². The maximum Gasteiger partial charge on any atom is 0.133 e. The standard InChI is InChI=1S/C16H24O.C14H18N2/c1-5-7-14(11-16(17)6-2)15-9-8-12(3)13(4)10-15;1-4-6-13(12(5-2)11-7-8-11)14-9-10(3)15-16-14/h8-10,14H,5-7,11H2,1-4H3;4-6,9,11H,1,7-8H2,2-3H3,(H,15,16)/b;12-5-,13-6+. The van der Waals surface area contributed by atoms with E-state index in [1.165, 1.54) is 40.7 Å². The van der Waals surface area contributed by atoms with Gasteiger partial charge in [0.2, 0.25) is 0 Å². The minimum Gasteiger partial charge on any atom is -0.300 e. The molecule has 2 aromatic rings. The monoisotopic (exact) mass is 446 g/mol. The van der Waals surface area contributed by atoms with Crippen molar-refractivity contribution in [2.45, 2.75) is 86.0 Å². The third-order valence-corrected chi connectivity index (χ3v) is 6.41. The fraction of sp³-hybridized carbons (Fsp3) is 0.467. The van der Waals surface area contributed by atoms with Gasteiger partial charge in [-0.15, -0.1) is 0 Å². The Balaban J connectivity index is 0.000000234. The lowest BCUT2D eigenvalue weighted by Crippen LogP contribution is -2.06. The SMILES string of the molecule is C=C/C=C(\C(=C/C)C1CC1)c1cc(C)[nH]n1.CCCC(CC(=O)CC)c1ccc(C)c(C)c1. The van der Waals surface area contributed by atoms with E-state index in [-0.39, 0.29) is 0 Å². The molecule has 33 heavy (non-hydrogen) atoms. The first kappa shape index (κ1) is 26.6. The van der Waals surface area contributed by atoms with E-state index in [2.05, 4.69) is 80.9 Å². The van der Waals surface area contributed by atoms with Crippen molar-refractivity contribution in [1.82, 2.24) is 10.2 Å². The van der Waals surface area contributed by atoms with Crippen molar-refractivity contribution in [3.05, 3.63) is 82.7 Å². The van der Waals surface area contributed by atoms with Gasteiger partial charge in [-0.3, -0.25) is 9.89 Å². The van der Waals surface area contributed by atoms with Crippen LogP contribution in [0.2, 0.25) is 0 Å². The van der Waals surface area contributed by atoms with Crippen LogP contribution in [0.4, 0.5) is 0 Å². The first-order valence-electron chi connectivity index (χ1n) is 12.4. The number of aromatic amines is 1. The molecule has 3 heteroatoms. The Labute approximate surface area is 201 Å². The number of allylic oxidation sites excluding steroid dienone is 5. The fourth-order valence-electron chi connectivity index (χ4n) is 4.18. The van der Waals surface area contributed by atoms with Crippen LogP contribution in [-0.2, 0) is 4.79 Å². The van der Waals surface area contributed by atoms with Crippen molar-refractivity contribution in [2.75, 3.05) is 0 Å². The Morgan fingerprint density at radius 2 is 1.91 bits per heavy atom. The van der Waals surface area contributed by atoms with E-state index in [9.17, 15) is 4.79 Å². The maximum atomic E-state index is 11.6. The number of carbonyl (C=O) groups excluding carboxylic acids is 1. The quantitative estimate of drug-likeness (QED) is 0.374. The average molecular weight is 447 g/mol. The number of benzene rings is 1. The van der Waals surface area contributed by atoms with Gasteiger partial charge in [0.05, 0.1) is 5.69 Å². The largest absolute Gasteiger partial charge is 0.300 e. The highest BCUT2D eigenvalue weighted by Gasteiger charge is 2.28. The van der Waals surface area contributed by atoms with Crippen molar-refractivity contribution in [3.63, 3.8) is 0 Å². The second-order valence-corrected chi connectivity index (χ2v) is 9.20. The molecule has 1 aliphatic rings. The van der Waals surface area contributed by atoms with E-state index in [1.807, 2.05) is 19.9 Å².